The number of amides is 1. The number of hydrogen-bond acceptors (Lipinski definition) is 3. The number of carbonyl (C=O) groups is 1. The van der Waals surface area contributed by atoms with Gasteiger partial charge in [-0.15, -0.1) is 0 Å². The fourth-order valence-corrected chi connectivity index (χ4v) is 2.68. The fraction of sp³-hybridized carbons (Fsp3) is 0.929. The molecule has 1 heterocycles. The van der Waals surface area contributed by atoms with Crippen molar-refractivity contribution >= 4 is 5.91 Å². The minimum atomic E-state index is 0.349. The zero-order chi connectivity index (χ0) is 12.8. The summed E-state index contributed by atoms with van der Waals surface area (Å²) in [7, 11) is 1.74. The molecule has 0 aromatic rings. The highest BCUT2D eigenvalue weighted by Crippen LogP contribution is 2.32. The van der Waals surface area contributed by atoms with Gasteiger partial charge < -0.3 is 15.0 Å². The quantitative estimate of drug-likeness (QED) is 0.698. The van der Waals surface area contributed by atoms with Crippen molar-refractivity contribution in [3.05, 3.63) is 0 Å². The second-order valence-electron chi connectivity index (χ2n) is 5.49. The lowest BCUT2D eigenvalue weighted by molar-refractivity contribution is -0.135. The molecule has 0 bridgehead atoms. The topological polar surface area (TPSA) is 41.6 Å². The van der Waals surface area contributed by atoms with Crippen molar-refractivity contribution in [1.29, 1.82) is 0 Å². The minimum absolute atomic E-state index is 0.349. The van der Waals surface area contributed by atoms with Crippen LogP contribution in [0.5, 0.6) is 0 Å². The van der Waals surface area contributed by atoms with E-state index >= 15 is 0 Å². The molecule has 1 saturated heterocycles. The number of unbranched alkanes of at least 4 members (excludes halogenated alkanes) is 1. The van der Waals surface area contributed by atoms with E-state index in [0.717, 1.165) is 64.8 Å². The van der Waals surface area contributed by atoms with Crippen LogP contribution in [0.2, 0.25) is 0 Å². The third-order valence-corrected chi connectivity index (χ3v) is 3.96. The number of carbonyl (C=O) groups excluding carboxylic acids is 1. The van der Waals surface area contributed by atoms with Crippen LogP contribution in [0.25, 0.3) is 0 Å². The first-order valence-corrected chi connectivity index (χ1v) is 7.33. The lowest BCUT2D eigenvalue weighted by atomic mass is 10.0. The molecule has 0 atom stereocenters. The smallest absolute Gasteiger partial charge is 0.225 e. The lowest BCUT2D eigenvalue weighted by Crippen LogP contribution is -2.47. The number of nitrogens with one attached hydrogen (secondary N) is 1. The average Bonchev–Trinajstić information content (AvgIpc) is 3.24. The van der Waals surface area contributed by atoms with Gasteiger partial charge in [0.1, 0.15) is 0 Å². The molecule has 1 N–H and O–H groups in total. The highest BCUT2D eigenvalue weighted by Gasteiger charge is 2.36. The number of rotatable bonds is 7. The summed E-state index contributed by atoms with van der Waals surface area (Å²) in [5.74, 6) is 0.765. The summed E-state index contributed by atoms with van der Waals surface area (Å²) in [5, 5.41) is 3.37. The number of piperidine rings is 1. The van der Waals surface area contributed by atoms with E-state index in [9.17, 15) is 4.79 Å². The molecule has 2 rings (SSSR count). The number of ether oxygens (including phenoxy) is 1. The monoisotopic (exact) mass is 254 g/mol. The molecular formula is C14H26N2O2. The van der Waals surface area contributed by atoms with Gasteiger partial charge in [0, 0.05) is 32.2 Å². The second-order valence-corrected chi connectivity index (χ2v) is 5.49. The Morgan fingerprint density at radius 1 is 1.22 bits per heavy atom. The Kier molecular flexibility index (Phi) is 5.45. The van der Waals surface area contributed by atoms with Crippen molar-refractivity contribution in [2.75, 3.05) is 33.4 Å². The van der Waals surface area contributed by atoms with E-state index in [2.05, 4.69) is 10.2 Å². The summed E-state index contributed by atoms with van der Waals surface area (Å²) >= 11 is 0. The molecule has 104 valence electrons. The van der Waals surface area contributed by atoms with E-state index in [0.29, 0.717) is 17.9 Å². The van der Waals surface area contributed by atoms with E-state index in [-0.39, 0.29) is 0 Å². The first-order valence-electron chi connectivity index (χ1n) is 7.33. The Labute approximate surface area is 110 Å². The zero-order valence-corrected chi connectivity index (χ0v) is 11.5. The van der Waals surface area contributed by atoms with Crippen molar-refractivity contribution in [2.24, 2.45) is 5.92 Å². The average molecular weight is 254 g/mol. The molecule has 4 heteroatoms. The highest BCUT2D eigenvalue weighted by atomic mass is 16.5. The van der Waals surface area contributed by atoms with Gasteiger partial charge >= 0.3 is 0 Å². The molecule has 18 heavy (non-hydrogen) atoms. The van der Waals surface area contributed by atoms with E-state index < -0.39 is 0 Å². The molecule has 2 aliphatic rings. The SMILES string of the molecule is COCCCCN(C(=O)C1CC1)C1CCNCC1. The third kappa shape index (κ3) is 3.95. The summed E-state index contributed by atoms with van der Waals surface area (Å²) in [5.41, 5.74) is 0. The largest absolute Gasteiger partial charge is 0.385 e. The van der Waals surface area contributed by atoms with Crippen LogP contribution < -0.4 is 5.32 Å². The van der Waals surface area contributed by atoms with Crippen molar-refractivity contribution < 1.29 is 9.53 Å². The Balaban J connectivity index is 1.82. The Bertz CT molecular complexity index is 261. The summed E-state index contributed by atoms with van der Waals surface area (Å²) < 4.78 is 5.08. The van der Waals surface area contributed by atoms with E-state index in [1.807, 2.05) is 0 Å². The lowest BCUT2D eigenvalue weighted by Gasteiger charge is -2.35. The normalized spacial score (nSPS) is 20.9. The van der Waals surface area contributed by atoms with Gasteiger partial charge in [-0.2, -0.15) is 0 Å². The van der Waals surface area contributed by atoms with Gasteiger partial charge in [-0.05, 0) is 51.6 Å². The number of nitrogens with zero attached hydrogens (tertiary/aromatic N) is 1. The van der Waals surface area contributed by atoms with Gasteiger partial charge in [-0.1, -0.05) is 0 Å². The van der Waals surface area contributed by atoms with Gasteiger partial charge in [0.25, 0.3) is 0 Å². The summed E-state index contributed by atoms with van der Waals surface area (Å²) in [4.78, 5) is 14.5. The van der Waals surface area contributed by atoms with Crippen molar-refractivity contribution in [3.8, 4) is 0 Å². The minimum Gasteiger partial charge on any atom is -0.385 e. The van der Waals surface area contributed by atoms with Crippen LogP contribution in [-0.4, -0.2) is 50.2 Å². The van der Waals surface area contributed by atoms with Gasteiger partial charge in [0.2, 0.25) is 5.91 Å². The maximum atomic E-state index is 12.3. The van der Waals surface area contributed by atoms with Crippen LogP contribution in [0.15, 0.2) is 0 Å². The Morgan fingerprint density at radius 3 is 2.56 bits per heavy atom. The van der Waals surface area contributed by atoms with Crippen LogP contribution in [0.4, 0.5) is 0 Å². The molecule has 0 radical (unpaired) electrons. The maximum absolute atomic E-state index is 12.3. The molecular weight excluding hydrogens is 228 g/mol. The molecule has 1 aliphatic carbocycles. The highest BCUT2D eigenvalue weighted by molar-refractivity contribution is 5.81. The zero-order valence-electron chi connectivity index (χ0n) is 11.5. The first kappa shape index (κ1) is 13.8. The van der Waals surface area contributed by atoms with Crippen LogP contribution in [-0.2, 0) is 9.53 Å². The van der Waals surface area contributed by atoms with Crippen molar-refractivity contribution in [3.63, 3.8) is 0 Å². The molecule has 0 aromatic heterocycles. The second kappa shape index (κ2) is 7.10. The number of methoxy groups -OCH3 is 1. The predicted molar refractivity (Wildman–Crippen MR) is 71.4 cm³/mol. The van der Waals surface area contributed by atoms with E-state index in [1.165, 1.54) is 0 Å². The van der Waals surface area contributed by atoms with Crippen LogP contribution in [0, 0.1) is 5.92 Å². The summed E-state index contributed by atoms with van der Waals surface area (Å²) in [6.07, 6.45) is 6.56. The van der Waals surface area contributed by atoms with Gasteiger partial charge in [-0.25, -0.2) is 0 Å². The Morgan fingerprint density at radius 2 is 1.94 bits per heavy atom. The van der Waals surface area contributed by atoms with Crippen LogP contribution in [0.3, 0.4) is 0 Å². The van der Waals surface area contributed by atoms with Crippen molar-refractivity contribution in [1.82, 2.24) is 10.2 Å². The molecule has 0 spiro atoms. The standard InChI is InChI=1S/C14H26N2O2/c1-18-11-3-2-10-16(14(17)12-4-5-12)13-6-8-15-9-7-13/h12-13,15H,2-11H2,1H3. The molecule has 4 nitrogen and oxygen atoms in total. The van der Waals surface area contributed by atoms with Crippen LogP contribution >= 0.6 is 0 Å². The summed E-state index contributed by atoms with van der Waals surface area (Å²) in [6.45, 7) is 3.83. The van der Waals surface area contributed by atoms with Crippen LogP contribution in [0.1, 0.15) is 38.5 Å². The van der Waals surface area contributed by atoms with Gasteiger partial charge in [0.15, 0.2) is 0 Å². The molecule has 0 unspecified atom stereocenters. The number of hydrogen-bond donors (Lipinski definition) is 1. The molecule has 1 saturated carbocycles. The first-order chi connectivity index (χ1) is 8.83. The molecule has 1 aliphatic heterocycles. The maximum Gasteiger partial charge on any atom is 0.225 e. The third-order valence-electron chi connectivity index (χ3n) is 3.96. The van der Waals surface area contributed by atoms with E-state index in [4.69, 9.17) is 4.74 Å². The molecule has 1 amide bonds. The van der Waals surface area contributed by atoms with Gasteiger partial charge in [0.05, 0.1) is 0 Å². The molecule has 2 fully saturated rings. The molecule has 0 aromatic carbocycles. The Hall–Kier alpha value is -0.610. The summed E-state index contributed by atoms with van der Waals surface area (Å²) in [6, 6.07) is 0.474. The van der Waals surface area contributed by atoms with E-state index in [1.54, 1.807) is 7.11 Å². The van der Waals surface area contributed by atoms with Gasteiger partial charge in [-0.3, -0.25) is 4.79 Å². The van der Waals surface area contributed by atoms with Crippen molar-refractivity contribution in [2.45, 2.75) is 44.6 Å². The predicted octanol–water partition coefficient (Wildman–Crippen LogP) is 1.40. The fourth-order valence-electron chi connectivity index (χ4n) is 2.68.